The van der Waals surface area contributed by atoms with E-state index >= 15 is 0 Å². The van der Waals surface area contributed by atoms with Crippen LogP contribution in [-0.4, -0.2) is 60.2 Å². The van der Waals surface area contributed by atoms with E-state index in [1.54, 1.807) is 38.4 Å². The number of carbonyl (C=O) groups excluding carboxylic acids is 1. The van der Waals surface area contributed by atoms with Gasteiger partial charge >= 0.3 is 0 Å². The van der Waals surface area contributed by atoms with Crippen LogP contribution in [0.4, 0.5) is 0 Å². The number of nitrogens with one attached hydrogen (secondary N) is 1. The zero-order valence-corrected chi connectivity index (χ0v) is 15.4. The Labute approximate surface area is 153 Å². The molecule has 1 aliphatic heterocycles. The highest BCUT2D eigenvalue weighted by atomic mass is 16.5. The van der Waals surface area contributed by atoms with Gasteiger partial charge in [-0.15, -0.1) is 5.10 Å². The molecule has 0 atom stereocenters. The third-order valence-electron chi connectivity index (χ3n) is 4.66. The van der Waals surface area contributed by atoms with Gasteiger partial charge < -0.3 is 19.7 Å². The minimum atomic E-state index is -0.164. The summed E-state index contributed by atoms with van der Waals surface area (Å²) in [7, 11) is 4.95. The Balaban J connectivity index is 1.69. The van der Waals surface area contributed by atoms with Gasteiger partial charge in [-0.3, -0.25) is 4.79 Å². The zero-order valence-electron chi connectivity index (χ0n) is 15.4. The van der Waals surface area contributed by atoms with Gasteiger partial charge in [-0.2, -0.15) is 0 Å². The fourth-order valence-corrected chi connectivity index (χ4v) is 3.13. The summed E-state index contributed by atoms with van der Waals surface area (Å²) in [6, 6.07) is 5.86. The second-order valence-corrected chi connectivity index (χ2v) is 6.40. The first-order chi connectivity index (χ1) is 12.6. The smallest absolute Gasteiger partial charge is 0.276 e. The molecule has 0 spiro atoms. The highest BCUT2D eigenvalue weighted by Crippen LogP contribution is 2.26. The largest absolute Gasteiger partial charge is 0.497 e. The first-order valence-electron chi connectivity index (χ1n) is 8.71. The molecule has 1 fully saturated rings. The Morgan fingerprint density at radius 2 is 2.08 bits per heavy atom. The van der Waals surface area contributed by atoms with E-state index in [0.717, 1.165) is 31.5 Å². The van der Waals surface area contributed by atoms with Crippen molar-refractivity contribution in [1.29, 1.82) is 0 Å². The number of benzene rings is 1. The third kappa shape index (κ3) is 3.96. The molecular formula is C18H25N5O3. The molecular weight excluding hydrogens is 334 g/mol. The van der Waals surface area contributed by atoms with E-state index in [1.165, 1.54) is 0 Å². The molecule has 0 aliphatic carbocycles. The van der Waals surface area contributed by atoms with Crippen molar-refractivity contribution in [2.45, 2.75) is 25.4 Å². The number of hydrogen-bond donors (Lipinski definition) is 1. The van der Waals surface area contributed by atoms with Gasteiger partial charge in [-0.25, -0.2) is 4.68 Å². The van der Waals surface area contributed by atoms with Crippen molar-refractivity contribution in [2.24, 2.45) is 0 Å². The van der Waals surface area contributed by atoms with Crippen molar-refractivity contribution in [3.8, 4) is 11.5 Å². The lowest BCUT2D eigenvalue weighted by atomic mass is 10.1. The third-order valence-corrected chi connectivity index (χ3v) is 4.66. The second-order valence-electron chi connectivity index (χ2n) is 6.40. The Kier molecular flexibility index (Phi) is 5.72. The summed E-state index contributed by atoms with van der Waals surface area (Å²) in [5.41, 5.74) is 1.26. The number of carbonyl (C=O) groups is 1. The Hall–Kier alpha value is -2.61. The molecule has 1 amide bonds. The topological polar surface area (TPSA) is 81.5 Å². The number of ether oxygens (including phenoxy) is 2. The van der Waals surface area contributed by atoms with E-state index in [-0.39, 0.29) is 5.91 Å². The van der Waals surface area contributed by atoms with Crippen molar-refractivity contribution in [2.75, 3.05) is 34.4 Å². The minimum absolute atomic E-state index is 0.164. The Morgan fingerprint density at radius 1 is 1.31 bits per heavy atom. The van der Waals surface area contributed by atoms with Crippen LogP contribution < -0.4 is 14.8 Å². The maximum Gasteiger partial charge on any atom is 0.276 e. The number of aromatic nitrogens is 3. The van der Waals surface area contributed by atoms with Crippen molar-refractivity contribution in [3.63, 3.8) is 0 Å². The highest BCUT2D eigenvalue weighted by Gasteiger charge is 2.21. The summed E-state index contributed by atoms with van der Waals surface area (Å²) >= 11 is 0. The summed E-state index contributed by atoms with van der Waals surface area (Å²) in [5, 5.41) is 11.6. The lowest BCUT2D eigenvalue weighted by Gasteiger charge is -2.22. The van der Waals surface area contributed by atoms with Crippen LogP contribution in [0.2, 0.25) is 0 Å². The molecule has 3 rings (SSSR count). The lowest BCUT2D eigenvalue weighted by molar-refractivity contribution is 0.0778. The number of methoxy groups -OCH3 is 2. The number of nitrogens with zero attached hydrogens (tertiary/aromatic N) is 4. The molecule has 1 aliphatic rings. The van der Waals surface area contributed by atoms with E-state index in [1.807, 2.05) is 16.8 Å². The van der Waals surface area contributed by atoms with Crippen LogP contribution in [0.3, 0.4) is 0 Å². The number of rotatable bonds is 6. The quantitative estimate of drug-likeness (QED) is 0.842. The van der Waals surface area contributed by atoms with Gasteiger partial charge in [-0.05, 0) is 38.1 Å². The van der Waals surface area contributed by atoms with Gasteiger partial charge in [0, 0.05) is 25.2 Å². The van der Waals surface area contributed by atoms with Crippen molar-refractivity contribution in [3.05, 3.63) is 35.7 Å². The summed E-state index contributed by atoms with van der Waals surface area (Å²) < 4.78 is 12.4. The van der Waals surface area contributed by atoms with E-state index in [4.69, 9.17) is 9.47 Å². The Morgan fingerprint density at radius 3 is 2.77 bits per heavy atom. The molecule has 1 aromatic heterocycles. The molecule has 2 heterocycles. The molecule has 2 aromatic rings. The fourth-order valence-electron chi connectivity index (χ4n) is 3.13. The lowest BCUT2D eigenvalue weighted by Crippen LogP contribution is -2.29. The predicted molar refractivity (Wildman–Crippen MR) is 96.5 cm³/mol. The van der Waals surface area contributed by atoms with Crippen LogP contribution in [0.15, 0.2) is 24.4 Å². The van der Waals surface area contributed by atoms with Gasteiger partial charge in [-0.1, -0.05) is 5.21 Å². The standard InChI is InChI=1S/C18H25N5O3/c1-22(11-13-4-5-15(25-2)10-17(13)26-3)18(24)16-12-23(21-20-16)14-6-8-19-9-7-14/h4-5,10,12,14,19H,6-9,11H2,1-3H3. The molecule has 26 heavy (non-hydrogen) atoms. The predicted octanol–water partition coefficient (Wildman–Crippen LogP) is 1.49. The van der Waals surface area contributed by atoms with Crippen LogP contribution in [0, 0.1) is 0 Å². The molecule has 140 valence electrons. The van der Waals surface area contributed by atoms with E-state index < -0.39 is 0 Å². The average Bonchev–Trinajstić information content (AvgIpc) is 3.18. The molecule has 8 nitrogen and oxygen atoms in total. The van der Waals surface area contributed by atoms with Gasteiger partial charge in [0.2, 0.25) is 0 Å². The molecule has 0 unspecified atom stereocenters. The SMILES string of the molecule is COc1ccc(CN(C)C(=O)c2cn(C3CCNCC3)nn2)c(OC)c1. The fraction of sp³-hybridized carbons (Fsp3) is 0.500. The summed E-state index contributed by atoms with van der Waals surface area (Å²) in [5.74, 6) is 1.23. The maximum atomic E-state index is 12.7. The first-order valence-corrected chi connectivity index (χ1v) is 8.71. The molecule has 1 saturated heterocycles. The van der Waals surface area contributed by atoms with Gasteiger partial charge in [0.15, 0.2) is 5.69 Å². The van der Waals surface area contributed by atoms with Crippen molar-refractivity contribution >= 4 is 5.91 Å². The van der Waals surface area contributed by atoms with E-state index in [2.05, 4.69) is 15.6 Å². The van der Waals surface area contributed by atoms with Crippen LogP contribution in [-0.2, 0) is 6.54 Å². The van der Waals surface area contributed by atoms with Gasteiger partial charge in [0.1, 0.15) is 11.5 Å². The van der Waals surface area contributed by atoms with Crippen molar-refractivity contribution < 1.29 is 14.3 Å². The average molecular weight is 359 g/mol. The Bertz CT molecular complexity index is 755. The highest BCUT2D eigenvalue weighted by molar-refractivity contribution is 5.91. The van der Waals surface area contributed by atoms with Crippen LogP contribution >= 0.6 is 0 Å². The zero-order chi connectivity index (χ0) is 18.5. The summed E-state index contributed by atoms with van der Waals surface area (Å²) in [4.78, 5) is 14.3. The normalized spacial score (nSPS) is 14.9. The first kappa shape index (κ1) is 18.2. The molecule has 8 heteroatoms. The van der Waals surface area contributed by atoms with Crippen LogP contribution in [0.1, 0.15) is 34.9 Å². The number of hydrogen-bond acceptors (Lipinski definition) is 6. The molecule has 0 bridgehead atoms. The van der Waals surface area contributed by atoms with Crippen molar-refractivity contribution in [1.82, 2.24) is 25.2 Å². The molecule has 1 N–H and O–H groups in total. The minimum Gasteiger partial charge on any atom is -0.497 e. The van der Waals surface area contributed by atoms with Crippen LogP contribution in [0.5, 0.6) is 11.5 Å². The van der Waals surface area contributed by atoms with Gasteiger partial charge in [0.25, 0.3) is 5.91 Å². The second kappa shape index (κ2) is 8.18. The van der Waals surface area contributed by atoms with E-state index in [0.29, 0.717) is 29.8 Å². The number of piperidine rings is 1. The summed E-state index contributed by atoms with van der Waals surface area (Å²) in [6.07, 6.45) is 3.74. The maximum absolute atomic E-state index is 12.7. The summed E-state index contributed by atoms with van der Waals surface area (Å²) in [6.45, 7) is 2.34. The molecule has 0 saturated carbocycles. The molecule has 0 radical (unpaired) electrons. The number of amides is 1. The van der Waals surface area contributed by atoms with Crippen LogP contribution in [0.25, 0.3) is 0 Å². The molecule has 1 aromatic carbocycles. The monoisotopic (exact) mass is 359 g/mol. The van der Waals surface area contributed by atoms with E-state index in [9.17, 15) is 4.79 Å². The van der Waals surface area contributed by atoms with Gasteiger partial charge in [0.05, 0.1) is 26.5 Å².